The Balaban J connectivity index is 1.60. The van der Waals surface area contributed by atoms with E-state index in [0.717, 1.165) is 5.56 Å². The van der Waals surface area contributed by atoms with E-state index in [4.69, 9.17) is 11.6 Å². The molecule has 0 unspecified atom stereocenters. The van der Waals surface area contributed by atoms with Crippen LogP contribution in [-0.2, 0) is 4.79 Å². The normalized spacial score (nSPS) is 19.3. The number of amides is 1. The molecule has 0 aliphatic carbocycles. The number of halogens is 2. The fourth-order valence-electron chi connectivity index (χ4n) is 3.55. The zero-order valence-corrected chi connectivity index (χ0v) is 15.0. The molecule has 138 valence electrons. The maximum absolute atomic E-state index is 13.2. The summed E-state index contributed by atoms with van der Waals surface area (Å²) in [6, 6.07) is 11.2. The number of H-pyrrole nitrogens is 1. The van der Waals surface area contributed by atoms with Gasteiger partial charge in [-0.3, -0.25) is 9.59 Å². The van der Waals surface area contributed by atoms with E-state index in [9.17, 15) is 14.0 Å². The third-order valence-electron chi connectivity index (χ3n) is 4.97. The lowest BCUT2D eigenvalue weighted by Crippen LogP contribution is -2.28. The van der Waals surface area contributed by atoms with Crippen LogP contribution in [0.5, 0.6) is 0 Å². The first-order valence-corrected chi connectivity index (χ1v) is 8.99. The first-order chi connectivity index (χ1) is 13.0. The third kappa shape index (κ3) is 3.46. The molecule has 5 nitrogen and oxygen atoms in total. The molecule has 1 aromatic heterocycles. The van der Waals surface area contributed by atoms with E-state index < -0.39 is 0 Å². The standard InChI is InChI=1S/C20H17ClFN3O2/c21-17-8-14-12(5-6-24-19(14)26)7-18(17)25-20(27)16-10-23-9-15(16)11-1-3-13(22)4-2-11/h1-8,15-16,23H,9-10H2,(H,24,26)(H,25,27)/t15-,16+/m0/s1. The Labute approximate surface area is 159 Å². The number of carbonyl (C=O) groups excluding carboxylic acids is 1. The maximum atomic E-state index is 13.2. The average molecular weight is 386 g/mol. The van der Waals surface area contributed by atoms with Gasteiger partial charge in [-0.15, -0.1) is 0 Å². The van der Waals surface area contributed by atoms with Gasteiger partial charge in [0.05, 0.1) is 16.6 Å². The number of rotatable bonds is 3. The van der Waals surface area contributed by atoms with Gasteiger partial charge in [0.15, 0.2) is 0 Å². The van der Waals surface area contributed by atoms with Gasteiger partial charge < -0.3 is 15.6 Å². The molecular weight excluding hydrogens is 369 g/mol. The predicted octanol–water partition coefficient (Wildman–Crippen LogP) is 3.26. The number of fused-ring (bicyclic) bond motifs is 1. The van der Waals surface area contributed by atoms with Crippen molar-refractivity contribution in [1.29, 1.82) is 0 Å². The fourth-order valence-corrected chi connectivity index (χ4v) is 3.76. The molecule has 1 amide bonds. The summed E-state index contributed by atoms with van der Waals surface area (Å²) in [6.07, 6.45) is 1.55. The van der Waals surface area contributed by atoms with Gasteiger partial charge in [-0.25, -0.2) is 4.39 Å². The summed E-state index contributed by atoms with van der Waals surface area (Å²) in [5, 5.41) is 7.56. The quantitative estimate of drug-likeness (QED) is 0.648. The van der Waals surface area contributed by atoms with E-state index in [2.05, 4.69) is 15.6 Å². The highest BCUT2D eigenvalue weighted by Crippen LogP contribution is 2.31. The van der Waals surface area contributed by atoms with Crippen molar-refractivity contribution in [2.75, 3.05) is 18.4 Å². The number of aromatic nitrogens is 1. The molecule has 3 N–H and O–H groups in total. The summed E-state index contributed by atoms with van der Waals surface area (Å²) in [5.74, 6) is -0.821. The second-order valence-corrected chi connectivity index (χ2v) is 7.05. The van der Waals surface area contributed by atoms with E-state index >= 15 is 0 Å². The number of hydrogen-bond acceptors (Lipinski definition) is 3. The van der Waals surface area contributed by atoms with Crippen LogP contribution in [-0.4, -0.2) is 24.0 Å². The zero-order valence-electron chi connectivity index (χ0n) is 14.3. The molecule has 2 aromatic carbocycles. The van der Waals surface area contributed by atoms with Crippen molar-refractivity contribution < 1.29 is 9.18 Å². The number of carbonyl (C=O) groups is 1. The fraction of sp³-hybridized carbons (Fsp3) is 0.200. The van der Waals surface area contributed by atoms with E-state index in [-0.39, 0.29) is 29.1 Å². The Kier molecular flexibility index (Phi) is 4.68. The van der Waals surface area contributed by atoms with Gasteiger partial charge in [0.2, 0.25) is 5.91 Å². The summed E-state index contributed by atoms with van der Waals surface area (Å²) in [6.45, 7) is 1.17. The molecule has 7 heteroatoms. The number of aromatic amines is 1. The van der Waals surface area contributed by atoms with Gasteiger partial charge in [0.25, 0.3) is 5.56 Å². The first-order valence-electron chi connectivity index (χ1n) is 8.61. The van der Waals surface area contributed by atoms with Gasteiger partial charge in [-0.05, 0) is 41.3 Å². The Morgan fingerprint density at radius 2 is 1.93 bits per heavy atom. The minimum Gasteiger partial charge on any atom is -0.329 e. The Bertz CT molecular complexity index is 1070. The van der Waals surface area contributed by atoms with Crippen LogP contribution in [0, 0.1) is 11.7 Å². The molecular formula is C20H17ClFN3O2. The molecule has 0 spiro atoms. The topological polar surface area (TPSA) is 74.0 Å². The second-order valence-electron chi connectivity index (χ2n) is 6.64. The largest absolute Gasteiger partial charge is 0.329 e. The highest BCUT2D eigenvalue weighted by atomic mass is 35.5. The number of pyridine rings is 1. The smallest absolute Gasteiger partial charge is 0.255 e. The molecule has 0 radical (unpaired) electrons. The lowest BCUT2D eigenvalue weighted by molar-refractivity contribution is -0.119. The minimum absolute atomic E-state index is 0.0484. The van der Waals surface area contributed by atoms with Gasteiger partial charge in [-0.1, -0.05) is 23.7 Å². The van der Waals surface area contributed by atoms with Crippen LogP contribution in [0.15, 0.2) is 53.5 Å². The Morgan fingerprint density at radius 1 is 1.15 bits per heavy atom. The van der Waals surface area contributed by atoms with Crippen LogP contribution in [0.4, 0.5) is 10.1 Å². The highest BCUT2D eigenvalue weighted by molar-refractivity contribution is 6.34. The van der Waals surface area contributed by atoms with Crippen molar-refractivity contribution in [3.63, 3.8) is 0 Å². The highest BCUT2D eigenvalue weighted by Gasteiger charge is 2.34. The van der Waals surface area contributed by atoms with Gasteiger partial charge in [0.1, 0.15) is 5.82 Å². The molecule has 3 aromatic rings. The summed E-state index contributed by atoms with van der Waals surface area (Å²) >= 11 is 6.27. The SMILES string of the molecule is O=C(Nc1cc2cc[nH]c(=O)c2cc1Cl)[C@@H]1CNC[C@H]1c1ccc(F)cc1. The number of nitrogens with one attached hydrogen (secondary N) is 3. The molecule has 1 saturated heterocycles. The summed E-state index contributed by atoms with van der Waals surface area (Å²) in [5.41, 5.74) is 1.14. The molecule has 2 heterocycles. The number of anilines is 1. The Morgan fingerprint density at radius 3 is 2.70 bits per heavy atom. The van der Waals surface area contributed by atoms with Crippen molar-refractivity contribution in [3.8, 4) is 0 Å². The van der Waals surface area contributed by atoms with E-state index in [0.29, 0.717) is 34.6 Å². The zero-order chi connectivity index (χ0) is 19.0. The van der Waals surface area contributed by atoms with Gasteiger partial charge >= 0.3 is 0 Å². The second kappa shape index (κ2) is 7.13. The van der Waals surface area contributed by atoms with Crippen molar-refractivity contribution >= 4 is 34.0 Å². The van der Waals surface area contributed by atoms with Crippen LogP contribution in [0.2, 0.25) is 5.02 Å². The number of benzene rings is 2. The molecule has 0 saturated carbocycles. The van der Waals surface area contributed by atoms with Crippen molar-refractivity contribution in [2.24, 2.45) is 5.92 Å². The van der Waals surface area contributed by atoms with Crippen molar-refractivity contribution in [3.05, 3.63) is 75.4 Å². The molecule has 0 bridgehead atoms. The maximum Gasteiger partial charge on any atom is 0.255 e. The van der Waals surface area contributed by atoms with Crippen LogP contribution in [0.1, 0.15) is 11.5 Å². The number of hydrogen-bond donors (Lipinski definition) is 3. The lowest BCUT2D eigenvalue weighted by atomic mass is 9.88. The molecule has 27 heavy (non-hydrogen) atoms. The molecule has 2 atom stereocenters. The minimum atomic E-state index is -0.304. The molecule has 4 rings (SSSR count). The summed E-state index contributed by atoms with van der Waals surface area (Å²) < 4.78 is 13.2. The predicted molar refractivity (Wildman–Crippen MR) is 104 cm³/mol. The molecule has 1 aliphatic heterocycles. The monoisotopic (exact) mass is 385 g/mol. The van der Waals surface area contributed by atoms with Crippen molar-refractivity contribution in [1.82, 2.24) is 10.3 Å². The van der Waals surface area contributed by atoms with E-state index in [1.165, 1.54) is 12.1 Å². The van der Waals surface area contributed by atoms with E-state index in [1.807, 2.05) is 0 Å². The average Bonchev–Trinajstić information content (AvgIpc) is 3.14. The lowest BCUT2D eigenvalue weighted by Gasteiger charge is -2.19. The van der Waals surface area contributed by atoms with Crippen molar-refractivity contribution in [2.45, 2.75) is 5.92 Å². The summed E-state index contributed by atoms with van der Waals surface area (Å²) in [7, 11) is 0. The molecule has 1 aliphatic rings. The Hall–Kier alpha value is -2.70. The third-order valence-corrected chi connectivity index (χ3v) is 5.28. The van der Waals surface area contributed by atoms with Crippen LogP contribution < -0.4 is 16.2 Å². The summed E-state index contributed by atoms with van der Waals surface area (Å²) in [4.78, 5) is 27.3. The van der Waals surface area contributed by atoms with Crippen LogP contribution >= 0.6 is 11.6 Å². The van der Waals surface area contributed by atoms with Gasteiger partial charge in [-0.2, -0.15) is 0 Å². The van der Waals surface area contributed by atoms with E-state index in [1.54, 1.807) is 36.5 Å². The van der Waals surface area contributed by atoms with Gasteiger partial charge in [0, 0.05) is 30.6 Å². The van der Waals surface area contributed by atoms with Crippen LogP contribution in [0.3, 0.4) is 0 Å². The molecule has 1 fully saturated rings. The van der Waals surface area contributed by atoms with Crippen LogP contribution in [0.25, 0.3) is 10.8 Å². The first kappa shape index (κ1) is 17.7.